The fourth-order valence-corrected chi connectivity index (χ4v) is 5.44. The molecule has 4 aromatic carbocycles. The number of hydrogen-bond acceptors (Lipinski definition) is 5. The molecule has 202 valence electrons. The van der Waals surface area contributed by atoms with Crippen LogP contribution in [0.5, 0.6) is 11.5 Å². The van der Waals surface area contributed by atoms with Gasteiger partial charge in [0.1, 0.15) is 12.2 Å². The molecular weight excluding hydrogens is 588 g/mol. The Balaban J connectivity index is 1.45. The van der Waals surface area contributed by atoms with Crippen LogP contribution in [0.25, 0.3) is 16.8 Å². The molecule has 0 aromatic heterocycles. The zero-order valence-corrected chi connectivity index (χ0v) is 24.5. The van der Waals surface area contributed by atoms with Crippen LogP contribution < -0.4 is 19.7 Å². The molecule has 1 fully saturated rings. The number of thiocarbonyl (C=S) groups is 1. The zero-order valence-electron chi connectivity index (χ0n) is 22.1. The van der Waals surface area contributed by atoms with Crippen LogP contribution in [0, 0.1) is 0 Å². The molecule has 8 heteroatoms. The van der Waals surface area contributed by atoms with Crippen LogP contribution in [0.1, 0.15) is 30.5 Å². The first-order chi connectivity index (χ1) is 19.4. The molecule has 0 radical (unpaired) electrons. The average molecular weight is 616 g/mol. The lowest BCUT2D eigenvalue weighted by Gasteiger charge is -2.29. The van der Waals surface area contributed by atoms with Crippen LogP contribution in [-0.4, -0.2) is 23.5 Å². The van der Waals surface area contributed by atoms with Gasteiger partial charge < -0.3 is 9.47 Å². The Kier molecular flexibility index (Phi) is 8.28. The molecule has 0 unspecified atom stereocenters. The molecule has 1 aliphatic rings. The number of fused-ring (bicyclic) bond motifs is 1. The van der Waals surface area contributed by atoms with Crippen LogP contribution in [0.2, 0.25) is 0 Å². The number of aryl methyl sites for hydroxylation is 1. The molecule has 2 amide bonds. The van der Waals surface area contributed by atoms with Crippen molar-refractivity contribution in [2.24, 2.45) is 0 Å². The maximum absolute atomic E-state index is 13.5. The minimum absolute atomic E-state index is 0.0352. The number of amides is 2. The predicted octanol–water partition coefficient (Wildman–Crippen LogP) is 6.97. The summed E-state index contributed by atoms with van der Waals surface area (Å²) in [5, 5.41) is 4.94. The predicted molar refractivity (Wildman–Crippen MR) is 166 cm³/mol. The number of carbonyl (C=O) groups excluding carboxylic acids is 2. The quantitative estimate of drug-likeness (QED) is 0.132. The van der Waals surface area contributed by atoms with E-state index in [1.54, 1.807) is 12.1 Å². The molecular formula is C32H27BrN2O4S. The fraction of sp³-hybridized carbons (Fsp3) is 0.156. The summed E-state index contributed by atoms with van der Waals surface area (Å²) >= 11 is 8.94. The van der Waals surface area contributed by atoms with Crippen LogP contribution in [0.15, 0.2) is 88.9 Å². The second kappa shape index (κ2) is 12.0. The minimum atomic E-state index is -0.554. The van der Waals surface area contributed by atoms with Gasteiger partial charge in [0.25, 0.3) is 11.8 Å². The molecule has 0 aliphatic carbocycles. The topological polar surface area (TPSA) is 67.9 Å². The zero-order chi connectivity index (χ0) is 28.2. The van der Waals surface area contributed by atoms with Crippen LogP contribution in [-0.2, 0) is 22.6 Å². The van der Waals surface area contributed by atoms with Crippen molar-refractivity contribution in [3.8, 4) is 11.5 Å². The number of carbonyl (C=O) groups is 2. The Morgan fingerprint density at radius 2 is 1.70 bits per heavy atom. The number of hydrogen-bond donors (Lipinski definition) is 1. The third-order valence-corrected chi connectivity index (χ3v) is 7.47. The number of nitrogens with zero attached hydrogens (tertiary/aromatic N) is 1. The van der Waals surface area contributed by atoms with Crippen molar-refractivity contribution < 1.29 is 19.1 Å². The molecule has 1 saturated heterocycles. The normalized spacial score (nSPS) is 14.5. The molecule has 0 spiro atoms. The molecule has 1 aliphatic heterocycles. The second-order valence-electron chi connectivity index (χ2n) is 9.17. The smallest absolute Gasteiger partial charge is 0.270 e. The number of anilines is 1. The first-order valence-electron chi connectivity index (χ1n) is 13.0. The third-order valence-electron chi connectivity index (χ3n) is 6.60. The Hall–Kier alpha value is -4.01. The summed E-state index contributed by atoms with van der Waals surface area (Å²) in [6.07, 6.45) is 2.41. The summed E-state index contributed by atoms with van der Waals surface area (Å²) in [6, 6.07) is 25.3. The van der Waals surface area contributed by atoms with Gasteiger partial charge in [-0.25, -0.2) is 0 Å². The van der Waals surface area contributed by atoms with E-state index in [1.807, 2.05) is 55.5 Å². The van der Waals surface area contributed by atoms with E-state index in [0.717, 1.165) is 28.3 Å². The van der Waals surface area contributed by atoms with Crippen LogP contribution >= 0.6 is 28.1 Å². The van der Waals surface area contributed by atoms with Gasteiger partial charge in [0.05, 0.1) is 16.8 Å². The first kappa shape index (κ1) is 27.6. The lowest BCUT2D eigenvalue weighted by Crippen LogP contribution is -2.54. The van der Waals surface area contributed by atoms with Gasteiger partial charge in [-0.1, -0.05) is 61.5 Å². The van der Waals surface area contributed by atoms with Gasteiger partial charge in [-0.3, -0.25) is 19.8 Å². The number of nitrogens with one attached hydrogen (secondary N) is 1. The van der Waals surface area contributed by atoms with Crippen molar-refractivity contribution >= 4 is 67.6 Å². The molecule has 40 heavy (non-hydrogen) atoms. The van der Waals surface area contributed by atoms with E-state index in [2.05, 4.69) is 46.4 Å². The van der Waals surface area contributed by atoms with E-state index in [9.17, 15) is 9.59 Å². The third kappa shape index (κ3) is 5.64. The van der Waals surface area contributed by atoms with E-state index in [-0.39, 0.29) is 10.7 Å². The highest BCUT2D eigenvalue weighted by Crippen LogP contribution is 2.38. The fourth-order valence-electron chi connectivity index (χ4n) is 4.58. The lowest BCUT2D eigenvalue weighted by molar-refractivity contribution is -0.122. The van der Waals surface area contributed by atoms with Crippen molar-refractivity contribution in [3.05, 3.63) is 106 Å². The molecule has 5 rings (SSSR count). The maximum atomic E-state index is 13.5. The Morgan fingerprint density at radius 1 is 0.950 bits per heavy atom. The SMILES string of the molecule is CCOc1cc(/C=C2\C(=O)NC(=S)N(c3ccc(CC)cc3)C2=O)cc(Br)c1OCc1cccc2ccccc12. The van der Waals surface area contributed by atoms with Gasteiger partial charge >= 0.3 is 0 Å². The van der Waals surface area contributed by atoms with Gasteiger partial charge in [-0.15, -0.1) is 0 Å². The van der Waals surface area contributed by atoms with E-state index < -0.39 is 11.8 Å². The number of halogens is 1. The number of rotatable bonds is 8. The van der Waals surface area contributed by atoms with Crippen molar-refractivity contribution in [1.82, 2.24) is 5.32 Å². The summed E-state index contributed by atoms with van der Waals surface area (Å²) in [5.74, 6) is -0.0181. The summed E-state index contributed by atoms with van der Waals surface area (Å²) in [6.45, 7) is 4.69. The molecule has 1 heterocycles. The van der Waals surface area contributed by atoms with Crippen molar-refractivity contribution in [3.63, 3.8) is 0 Å². The first-order valence-corrected chi connectivity index (χ1v) is 14.2. The standard InChI is InChI=1S/C32H27BrN2O4S/c1-3-20-12-14-24(15-13-20)35-31(37)26(30(36)34-32(35)40)16-21-17-27(33)29(28(18-21)38-4-2)39-19-23-10-7-9-22-8-5-6-11-25(22)23/h5-18H,3-4,19H2,1-2H3,(H,34,36,40)/b26-16+. The monoisotopic (exact) mass is 614 g/mol. The Labute approximate surface area is 246 Å². The highest BCUT2D eigenvalue weighted by atomic mass is 79.9. The van der Waals surface area contributed by atoms with Crippen LogP contribution in [0.4, 0.5) is 5.69 Å². The minimum Gasteiger partial charge on any atom is -0.490 e. The highest BCUT2D eigenvalue weighted by Gasteiger charge is 2.34. The van der Waals surface area contributed by atoms with E-state index in [4.69, 9.17) is 21.7 Å². The molecule has 0 bridgehead atoms. The molecule has 1 N–H and O–H groups in total. The van der Waals surface area contributed by atoms with Crippen LogP contribution in [0.3, 0.4) is 0 Å². The van der Waals surface area contributed by atoms with Crippen molar-refractivity contribution in [2.75, 3.05) is 11.5 Å². The van der Waals surface area contributed by atoms with E-state index in [1.165, 1.54) is 11.0 Å². The molecule has 0 saturated carbocycles. The van der Waals surface area contributed by atoms with Crippen molar-refractivity contribution in [2.45, 2.75) is 26.9 Å². The summed E-state index contributed by atoms with van der Waals surface area (Å²) < 4.78 is 12.8. The maximum Gasteiger partial charge on any atom is 0.270 e. The van der Waals surface area contributed by atoms with Gasteiger partial charge in [0.2, 0.25) is 0 Å². The largest absolute Gasteiger partial charge is 0.490 e. The molecule has 0 atom stereocenters. The van der Waals surface area contributed by atoms with Gasteiger partial charge in [0.15, 0.2) is 16.6 Å². The lowest BCUT2D eigenvalue weighted by atomic mass is 10.1. The summed E-state index contributed by atoms with van der Waals surface area (Å²) in [5.41, 5.74) is 3.33. The average Bonchev–Trinajstić information content (AvgIpc) is 2.95. The second-order valence-corrected chi connectivity index (χ2v) is 10.4. The van der Waals surface area contributed by atoms with Gasteiger partial charge in [0, 0.05) is 0 Å². The number of ether oxygens (including phenoxy) is 2. The van der Waals surface area contributed by atoms with Gasteiger partial charge in [-0.05, 0) is 99.3 Å². The highest BCUT2D eigenvalue weighted by molar-refractivity contribution is 9.10. The summed E-state index contributed by atoms with van der Waals surface area (Å²) in [7, 11) is 0. The number of benzene rings is 4. The van der Waals surface area contributed by atoms with Gasteiger partial charge in [-0.2, -0.15) is 0 Å². The Morgan fingerprint density at radius 3 is 2.45 bits per heavy atom. The summed E-state index contributed by atoms with van der Waals surface area (Å²) in [4.78, 5) is 27.7. The van der Waals surface area contributed by atoms with Crippen molar-refractivity contribution in [1.29, 1.82) is 0 Å². The molecule has 6 nitrogen and oxygen atoms in total. The molecule has 4 aromatic rings. The van der Waals surface area contributed by atoms with E-state index >= 15 is 0 Å². The van der Waals surface area contributed by atoms with E-state index in [0.29, 0.717) is 40.4 Å². The Bertz CT molecular complexity index is 1640.